The van der Waals surface area contributed by atoms with E-state index >= 15 is 0 Å². The molecule has 0 radical (unpaired) electrons. The summed E-state index contributed by atoms with van der Waals surface area (Å²) in [6.45, 7) is 0. The first-order chi connectivity index (χ1) is 34.2. The summed E-state index contributed by atoms with van der Waals surface area (Å²) < 4.78 is 4.57. The van der Waals surface area contributed by atoms with Crippen LogP contribution in [0.3, 0.4) is 0 Å². The second-order valence-electron chi connectivity index (χ2n) is 17.9. The third kappa shape index (κ3) is 6.12. The van der Waals surface area contributed by atoms with Gasteiger partial charge in [-0.05, 0) is 72.2 Å². The van der Waals surface area contributed by atoms with Gasteiger partial charge in [0.1, 0.15) is 13.9 Å². The number of para-hydroxylation sites is 1. The van der Waals surface area contributed by atoms with Gasteiger partial charge in [0.25, 0.3) is 0 Å². The molecule has 13 aromatic rings. The first-order valence-electron chi connectivity index (χ1n) is 23.4. The van der Waals surface area contributed by atoms with Crippen molar-refractivity contribution in [1.29, 1.82) is 0 Å². The maximum Gasteiger partial charge on any atom is 2.00 e. The first-order valence-corrected chi connectivity index (χ1v) is 28.2. The summed E-state index contributed by atoms with van der Waals surface area (Å²) in [7, 11) is -6.05. The van der Waals surface area contributed by atoms with Gasteiger partial charge in [0.2, 0.25) is 0 Å². The van der Waals surface area contributed by atoms with E-state index in [9.17, 15) is 0 Å². The average molecular weight is 1120 g/mol. The van der Waals surface area contributed by atoms with Crippen LogP contribution in [0.2, 0.25) is 0 Å². The Balaban J connectivity index is 0.00000480. The van der Waals surface area contributed by atoms with Crippen molar-refractivity contribution < 1.29 is 21.1 Å². The number of hydrogen-bond donors (Lipinski definition) is 0. The average Bonchev–Trinajstić information content (AvgIpc) is 4.06. The van der Waals surface area contributed by atoms with Gasteiger partial charge in [0, 0.05) is 39.4 Å². The topological polar surface area (TPSA) is 35.1 Å². The molecule has 0 atom stereocenters. The molecule has 0 saturated carbocycles. The fourth-order valence-electron chi connectivity index (χ4n) is 11.6. The molecule has 0 bridgehead atoms. The van der Waals surface area contributed by atoms with Crippen molar-refractivity contribution in [3.63, 3.8) is 0 Å². The minimum Gasteiger partial charge on any atom is -0.340 e. The van der Waals surface area contributed by atoms with Gasteiger partial charge in [-0.2, -0.15) is 23.4 Å². The molecule has 0 fully saturated rings. The summed E-state index contributed by atoms with van der Waals surface area (Å²) in [5.41, 5.74) is 4.15. The largest absolute Gasteiger partial charge is 2.00 e. The van der Waals surface area contributed by atoms with Crippen LogP contribution in [0, 0.1) is 12.1 Å². The molecule has 1 aliphatic rings. The molecule has 14 rings (SSSR count). The molecular weight excluding hydrogens is 1080 g/mol. The number of fused-ring (bicyclic) bond motifs is 12. The third-order valence-corrected chi connectivity index (χ3v) is 25.5. The number of benzene rings is 9. The summed E-state index contributed by atoms with van der Waals surface area (Å²) in [6, 6.07) is 91.4. The van der Waals surface area contributed by atoms with E-state index in [1.165, 1.54) is 51.7 Å². The third-order valence-electron chi connectivity index (χ3n) is 14.5. The molecule has 9 aromatic carbocycles. The van der Waals surface area contributed by atoms with Crippen LogP contribution in [0.15, 0.2) is 253 Å². The van der Waals surface area contributed by atoms with Gasteiger partial charge in [0.05, 0.1) is 5.65 Å². The molecule has 0 unspecified atom stereocenters. The zero-order valence-corrected chi connectivity index (χ0v) is 42.7. The summed E-state index contributed by atoms with van der Waals surface area (Å²) in [5.74, 6) is 0.860. The molecule has 0 N–H and O–H groups in total. The van der Waals surface area contributed by atoms with Crippen LogP contribution in [-0.4, -0.2) is 35.1 Å². The van der Waals surface area contributed by atoms with E-state index < -0.39 is 16.1 Å². The van der Waals surface area contributed by atoms with Crippen LogP contribution >= 0.6 is 11.8 Å². The molecule has 5 heterocycles. The Hall–Kier alpha value is -7.39. The van der Waals surface area contributed by atoms with Crippen LogP contribution in [0.25, 0.3) is 54.9 Å². The van der Waals surface area contributed by atoms with Gasteiger partial charge in [0.15, 0.2) is 8.07 Å². The fraction of sp³-hybridized carbons (Fsp3) is 0. The predicted octanol–water partition coefficient (Wildman–Crippen LogP) is 8.95. The zero-order chi connectivity index (χ0) is 45.5. The fourth-order valence-corrected chi connectivity index (χ4v) is 23.3. The van der Waals surface area contributed by atoms with Crippen molar-refractivity contribution in [3.8, 4) is 5.82 Å². The van der Waals surface area contributed by atoms with Crippen molar-refractivity contribution >= 4 is 119 Å². The molecule has 0 aliphatic carbocycles. The quantitative estimate of drug-likeness (QED) is 0.0693. The molecular formula is C62H40N4PtSSi2. The van der Waals surface area contributed by atoms with Gasteiger partial charge in [-0.3, -0.25) is 4.98 Å². The molecule has 0 amide bonds. The molecule has 0 saturated heterocycles. The van der Waals surface area contributed by atoms with Crippen LogP contribution in [-0.2, 0) is 21.1 Å². The van der Waals surface area contributed by atoms with E-state index in [-0.39, 0.29) is 21.1 Å². The maximum absolute atomic E-state index is 5.08. The summed E-state index contributed by atoms with van der Waals surface area (Å²) in [4.78, 5) is 12.7. The van der Waals surface area contributed by atoms with Crippen LogP contribution in [0.4, 0.5) is 0 Å². The van der Waals surface area contributed by atoms with E-state index in [1.807, 2.05) is 30.2 Å². The van der Waals surface area contributed by atoms with Gasteiger partial charge in [-0.25, -0.2) is 4.98 Å². The Morgan fingerprint density at radius 1 is 0.471 bits per heavy atom. The zero-order valence-electron chi connectivity index (χ0n) is 37.6. The first kappa shape index (κ1) is 42.7. The Morgan fingerprint density at radius 3 is 1.79 bits per heavy atom. The Bertz CT molecular complexity index is 4030. The Morgan fingerprint density at radius 2 is 1.09 bits per heavy atom. The number of nitrogens with zero attached hydrogens (tertiary/aromatic N) is 4. The maximum atomic E-state index is 5.08. The second kappa shape index (κ2) is 16.9. The standard InChI is InChI=1S/C62H40N4SSi2.Pt/c1-5-19-43(20-6-1)68(44-21-7-2-8-22-44,47-32-34-49-50-27-13-14-28-53(50)65-40-39-64-62(65)52(49)41-47)48-33-35-51-55(42-48)66(59-31-17-18-38-63-59)54-36-37-58-61(60(51)54)67-56-29-15-16-30-57(56)69(58,45-23-9-3-10-24-45)46-25-11-4-12-26-46;/h1-40H;/q-2;+2. The summed E-state index contributed by atoms with van der Waals surface area (Å²) >= 11 is 1.91. The summed E-state index contributed by atoms with van der Waals surface area (Å²) in [6.07, 6.45) is 5.87. The van der Waals surface area contributed by atoms with Crippen LogP contribution < -0.4 is 41.5 Å². The van der Waals surface area contributed by atoms with Gasteiger partial charge < -0.3 is 8.97 Å². The van der Waals surface area contributed by atoms with E-state index in [2.05, 4.69) is 246 Å². The van der Waals surface area contributed by atoms with Gasteiger partial charge in [-0.1, -0.05) is 193 Å². The minimum atomic E-state index is -3.21. The van der Waals surface area contributed by atoms with E-state index in [1.54, 1.807) is 0 Å². The van der Waals surface area contributed by atoms with Gasteiger partial charge >= 0.3 is 21.1 Å². The molecule has 70 heavy (non-hydrogen) atoms. The van der Waals surface area contributed by atoms with Crippen molar-refractivity contribution in [2.45, 2.75) is 9.79 Å². The van der Waals surface area contributed by atoms with E-state index in [4.69, 9.17) is 9.97 Å². The molecule has 4 nitrogen and oxygen atoms in total. The molecule has 332 valence electrons. The number of rotatable bonds is 7. The second-order valence-corrected chi connectivity index (χ2v) is 26.4. The van der Waals surface area contributed by atoms with Gasteiger partial charge in [-0.15, -0.1) is 34.2 Å². The van der Waals surface area contributed by atoms with Crippen molar-refractivity contribution in [1.82, 2.24) is 18.9 Å². The molecule has 0 spiro atoms. The monoisotopic (exact) mass is 1120 g/mol. The Labute approximate surface area is 426 Å². The number of aromatic nitrogens is 4. The van der Waals surface area contributed by atoms with Crippen molar-refractivity contribution in [3.05, 3.63) is 255 Å². The predicted molar refractivity (Wildman–Crippen MR) is 291 cm³/mol. The smallest absolute Gasteiger partial charge is 0.340 e. The summed E-state index contributed by atoms with van der Waals surface area (Å²) in [5, 5.41) is 16.1. The minimum absolute atomic E-state index is 0. The molecule has 8 heteroatoms. The Kier molecular flexibility index (Phi) is 10.3. The van der Waals surface area contributed by atoms with E-state index in [0.29, 0.717) is 0 Å². The number of pyridine rings is 2. The SMILES string of the molecule is [Pt+2].[c-]1c([Si](c2[c-]c3c(cc2)c2c4c(ccc2n3-c2ccccn2)[Si](c2ccccc2)(c2ccccc2)c2ccccc2S4)(c2ccccc2)c2ccccc2)ccc2c1c1nccn1c1ccccc21. The number of imidazole rings is 1. The van der Waals surface area contributed by atoms with Crippen LogP contribution in [0.1, 0.15) is 0 Å². The van der Waals surface area contributed by atoms with Crippen molar-refractivity contribution in [2.75, 3.05) is 0 Å². The van der Waals surface area contributed by atoms with E-state index in [0.717, 1.165) is 54.5 Å². The normalized spacial score (nSPS) is 13.1. The number of hydrogen-bond acceptors (Lipinski definition) is 3. The molecule has 4 aromatic heterocycles. The van der Waals surface area contributed by atoms with Crippen molar-refractivity contribution in [2.24, 2.45) is 0 Å². The molecule has 1 aliphatic heterocycles. The van der Waals surface area contributed by atoms with Crippen LogP contribution in [0.5, 0.6) is 0 Å².